The Hall–Kier alpha value is -2.04. The van der Waals surface area contributed by atoms with E-state index >= 15 is 0 Å². The van der Waals surface area contributed by atoms with Gasteiger partial charge in [0.2, 0.25) is 0 Å². The van der Waals surface area contributed by atoms with Crippen molar-refractivity contribution in [2.75, 3.05) is 19.0 Å². The van der Waals surface area contributed by atoms with Crippen LogP contribution in [0.2, 0.25) is 0 Å². The van der Waals surface area contributed by atoms with Gasteiger partial charge >= 0.3 is 11.9 Å². The molecular weight excluding hydrogens is 234 g/mol. The van der Waals surface area contributed by atoms with Crippen LogP contribution >= 0.6 is 0 Å². The summed E-state index contributed by atoms with van der Waals surface area (Å²) in [6.07, 6.45) is 0.572. The lowest BCUT2D eigenvalue weighted by molar-refractivity contribution is -0.141. The molecule has 0 aliphatic heterocycles. The third-order valence-corrected chi connectivity index (χ3v) is 2.70. The molecule has 1 unspecified atom stereocenters. The van der Waals surface area contributed by atoms with Crippen LogP contribution < -0.4 is 5.32 Å². The minimum atomic E-state index is -0.809. The Morgan fingerprint density at radius 3 is 2.39 bits per heavy atom. The van der Waals surface area contributed by atoms with E-state index in [9.17, 15) is 9.59 Å². The molecule has 5 heteroatoms. The number of benzene rings is 1. The van der Waals surface area contributed by atoms with Gasteiger partial charge in [-0.2, -0.15) is 0 Å². The summed E-state index contributed by atoms with van der Waals surface area (Å²) in [5.41, 5.74) is 1.25. The van der Waals surface area contributed by atoms with Gasteiger partial charge < -0.3 is 15.2 Å². The molecule has 1 aromatic carbocycles. The van der Waals surface area contributed by atoms with Gasteiger partial charge in [-0.1, -0.05) is 6.92 Å². The van der Waals surface area contributed by atoms with E-state index in [2.05, 4.69) is 10.1 Å². The fourth-order valence-corrected chi connectivity index (χ4v) is 1.49. The zero-order valence-electron chi connectivity index (χ0n) is 10.5. The summed E-state index contributed by atoms with van der Waals surface area (Å²) in [4.78, 5) is 22.0. The van der Waals surface area contributed by atoms with Crippen molar-refractivity contribution in [3.05, 3.63) is 29.8 Å². The van der Waals surface area contributed by atoms with Gasteiger partial charge in [0.25, 0.3) is 0 Å². The largest absolute Gasteiger partial charge is 0.481 e. The summed E-state index contributed by atoms with van der Waals surface area (Å²) in [6.45, 7) is 2.20. The summed E-state index contributed by atoms with van der Waals surface area (Å²) in [6, 6.07) is 6.72. The number of methoxy groups -OCH3 is 1. The third-order valence-electron chi connectivity index (χ3n) is 2.70. The number of hydrogen-bond donors (Lipinski definition) is 2. The third kappa shape index (κ3) is 3.76. The maximum atomic E-state index is 11.2. The molecular formula is C13H17NO4. The van der Waals surface area contributed by atoms with E-state index in [0.717, 1.165) is 5.69 Å². The highest BCUT2D eigenvalue weighted by Gasteiger charge is 2.14. The van der Waals surface area contributed by atoms with Crippen molar-refractivity contribution in [3.63, 3.8) is 0 Å². The van der Waals surface area contributed by atoms with Crippen molar-refractivity contribution in [2.45, 2.75) is 13.3 Å². The number of carbonyl (C=O) groups is 2. The lowest BCUT2D eigenvalue weighted by Gasteiger charge is -2.12. The number of carboxylic acid groups (broad SMARTS) is 1. The normalized spacial score (nSPS) is 11.7. The van der Waals surface area contributed by atoms with Crippen LogP contribution in [-0.4, -0.2) is 30.7 Å². The van der Waals surface area contributed by atoms with E-state index in [0.29, 0.717) is 18.5 Å². The Bertz CT molecular complexity index is 414. The first-order valence-electron chi connectivity index (χ1n) is 5.73. The van der Waals surface area contributed by atoms with Crippen LogP contribution in [0.3, 0.4) is 0 Å². The maximum absolute atomic E-state index is 11.2. The second-order valence-electron chi connectivity index (χ2n) is 3.89. The van der Waals surface area contributed by atoms with Crippen LogP contribution in [0.4, 0.5) is 5.69 Å². The van der Waals surface area contributed by atoms with Crippen molar-refractivity contribution >= 4 is 17.6 Å². The topological polar surface area (TPSA) is 75.6 Å². The van der Waals surface area contributed by atoms with Crippen LogP contribution in [0.5, 0.6) is 0 Å². The molecule has 0 aliphatic carbocycles. The number of hydrogen-bond acceptors (Lipinski definition) is 4. The van der Waals surface area contributed by atoms with Crippen LogP contribution in [0.1, 0.15) is 23.7 Å². The molecule has 1 rings (SSSR count). The predicted molar refractivity (Wildman–Crippen MR) is 67.7 cm³/mol. The Kier molecular flexibility index (Phi) is 5.17. The van der Waals surface area contributed by atoms with Crippen molar-refractivity contribution in [3.8, 4) is 0 Å². The molecule has 1 aromatic rings. The van der Waals surface area contributed by atoms with Crippen molar-refractivity contribution in [1.29, 1.82) is 0 Å². The maximum Gasteiger partial charge on any atom is 0.337 e. The first-order chi connectivity index (χ1) is 8.58. The molecule has 2 N–H and O–H groups in total. The van der Waals surface area contributed by atoms with Gasteiger partial charge in [-0.25, -0.2) is 4.79 Å². The smallest absolute Gasteiger partial charge is 0.337 e. The van der Waals surface area contributed by atoms with E-state index in [1.165, 1.54) is 7.11 Å². The van der Waals surface area contributed by atoms with E-state index in [1.54, 1.807) is 24.3 Å². The second-order valence-corrected chi connectivity index (χ2v) is 3.89. The van der Waals surface area contributed by atoms with Gasteiger partial charge in [0.1, 0.15) is 0 Å². The molecule has 0 aromatic heterocycles. The summed E-state index contributed by atoms with van der Waals surface area (Å²) in [7, 11) is 1.33. The van der Waals surface area contributed by atoms with Crippen molar-refractivity contribution in [2.24, 2.45) is 5.92 Å². The molecule has 0 saturated heterocycles. The summed E-state index contributed by atoms with van der Waals surface area (Å²) >= 11 is 0. The molecule has 98 valence electrons. The molecule has 0 fully saturated rings. The lowest BCUT2D eigenvalue weighted by atomic mass is 10.1. The Balaban J connectivity index is 2.58. The van der Waals surface area contributed by atoms with Gasteiger partial charge in [0.15, 0.2) is 0 Å². The number of rotatable bonds is 6. The predicted octanol–water partition coefficient (Wildman–Crippen LogP) is 2.00. The Labute approximate surface area is 106 Å². The minimum absolute atomic E-state index is 0.364. The molecule has 0 aliphatic rings. The van der Waals surface area contributed by atoms with Crippen LogP contribution in [0.15, 0.2) is 24.3 Å². The van der Waals surface area contributed by atoms with Gasteiger partial charge in [0.05, 0.1) is 18.6 Å². The molecule has 0 amide bonds. The van der Waals surface area contributed by atoms with Gasteiger partial charge in [-0.05, 0) is 30.7 Å². The molecule has 0 radical (unpaired) electrons. The molecule has 0 spiro atoms. The van der Waals surface area contributed by atoms with Crippen LogP contribution in [0.25, 0.3) is 0 Å². The zero-order valence-corrected chi connectivity index (χ0v) is 10.5. The highest BCUT2D eigenvalue weighted by Crippen LogP contribution is 2.12. The van der Waals surface area contributed by atoms with Crippen molar-refractivity contribution < 1.29 is 19.4 Å². The molecule has 0 saturated carbocycles. The Morgan fingerprint density at radius 1 is 1.33 bits per heavy atom. The first kappa shape index (κ1) is 14.0. The zero-order chi connectivity index (χ0) is 13.5. The average Bonchev–Trinajstić information content (AvgIpc) is 2.39. The van der Waals surface area contributed by atoms with Gasteiger partial charge in [0, 0.05) is 12.2 Å². The van der Waals surface area contributed by atoms with Gasteiger partial charge in [-0.15, -0.1) is 0 Å². The molecule has 1 atom stereocenters. The van der Waals surface area contributed by atoms with E-state index in [-0.39, 0.29) is 0 Å². The number of nitrogens with one attached hydrogen (secondary N) is 1. The number of ether oxygens (including phenoxy) is 1. The van der Waals surface area contributed by atoms with Gasteiger partial charge in [-0.3, -0.25) is 4.79 Å². The molecule has 5 nitrogen and oxygen atoms in total. The quantitative estimate of drug-likeness (QED) is 0.756. The summed E-state index contributed by atoms with van der Waals surface area (Å²) in [5.74, 6) is -1.61. The van der Waals surface area contributed by atoms with Crippen molar-refractivity contribution in [1.82, 2.24) is 0 Å². The van der Waals surface area contributed by atoms with Crippen LogP contribution in [0, 0.1) is 5.92 Å². The Morgan fingerprint density at radius 2 is 1.94 bits per heavy atom. The fourth-order valence-electron chi connectivity index (χ4n) is 1.49. The summed E-state index contributed by atoms with van der Waals surface area (Å²) in [5, 5.41) is 11.9. The minimum Gasteiger partial charge on any atom is -0.481 e. The monoisotopic (exact) mass is 251 g/mol. The lowest BCUT2D eigenvalue weighted by Crippen LogP contribution is -2.22. The average molecular weight is 251 g/mol. The van der Waals surface area contributed by atoms with E-state index in [4.69, 9.17) is 5.11 Å². The van der Waals surface area contributed by atoms with E-state index in [1.807, 2.05) is 6.92 Å². The summed E-state index contributed by atoms with van der Waals surface area (Å²) < 4.78 is 4.59. The number of esters is 1. The number of carbonyl (C=O) groups excluding carboxylic acids is 1. The highest BCUT2D eigenvalue weighted by atomic mass is 16.5. The molecule has 18 heavy (non-hydrogen) atoms. The van der Waals surface area contributed by atoms with Crippen LogP contribution in [-0.2, 0) is 9.53 Å². The molecule has 0 bridgehead atoms. The standard InChI is InChI=1S/C13H17NO4/c1-3-9(12(15)16)8-14-11-6-4-10(5-7-11)13(17)18-2/h4-7,9,14H,3,8H2,1-2H3,(H,15,16). The highest BCUT2D eigenvalue weighted by molar-refractivity contribution is 5.89. The molecule has 0 heterocycles. The van der Waals surface area contributed by atoms with E-state index < -0.39 is 17.9 Å². The number of anilines is 1. The second kappa shape index (κ2) is 6.64. The SMILES string of the molecule is CCC(CNc1ccc(C(=O)OC)cc1)C(=O)O. The number of aliphatic carboxylic acids is 1. The first-order valence-corrected chi connectivity index (χ1v) is 5.73. The number of carboxylic acids is 1. The fraction of sp³-hybridized carbons (Fsp3) is 0.385.